The van der Waals surface area contributed by atoms with Crippen molar-refractivity contribution in [3.05, 3.63) is 0 Å². The quantitative estimate of drug-likeness (QED) is 0.762. The Balaban J connectivity index is 2.06. The molecule has 0 aromatic heterocycles. The first kappa shape index (κ1) is 14.3. The number of carboxylic acids is 1. The van der Waals surface area contributed by atoms with Crippen molar-refractivity contribution in [2.45, 2.75) is 57.4 Å². The van der Waals surface area contributed by atoms with Crippen LogP contribution in [0.4, 0.5) is 0 Å². The summed E-state index contributed by atoms with van der Waals surface area (Å²) in [6, 6.07) is 0.261. The molecule has 0 spiro atoms. The number of amides is 1. The minimum Gasteiger partial charge on any atom is -0.481 e. The van der Waals surface area contributed by atoms with Crippen LogP contribution in [-0.4, -0.2) is 41.0 Å². The Labute approximate surface area is 114 Å². The topological polar surface area (TPSA) is 83.6 Å². The molecule has 5 heteroatoms. The van der Waals surface area contributed by atoms with E-state index in [4.69, 9.17) is 10.8 Å². The zero-order valence-corrected chi connectivity index (χ0v) is 11.4. The average molecular weight is 268 g/mol. The van der Waals surface area contributed by atoms with Crippen molar-refractivity contribution in [2.75, 3.05) is 13.1 Å². The molecule has 0 heterocycles. The summed E-state index contributed by atoms with van der Waals surface area (Å²) >= 11 is 0. The number of aliphatic carboxylic acids is 1. The Morgan fingerprint density at radius 2 is 1.84 bits per heavy atom. The summed E-state index contributed by atoms with van der Waals surface area (Å²) in [5.41, 5.74) is 5.47. The molecule has 19 heavy (non-hydrogen) atoms. The summed E-state index contributed by atoms with van der Waals surface area (Å²) < 4.78 is 0. The van der Waals surface area contributed by atoms with E-state index >= 15 is 0 Å². The van der Waals surface area contributed by atoms with Crippen molar-refractivity contribution in [1.82, 2.24) is 4.90 Å². The van der Waals surface area contributed by atoms with Gasteiger partial charge in [-0.15, -0.1) is 0 Å². The van der Waals surface area contributed by atoms with E-state index in [0.29, 0.717) is 13.1 Å². The van der Waals surface area contributed by atoms with E-state index < -0.39 is 11.4 Å². The molecular weight excluding hydrogens is 244 g/mol. The van der Waals surface area contributed by atoms with E-state index in [1.807, 2.05) is 0 Å². The van der Waals surface area contributed by atoms with E-state index in [9.17, 15) is 9.59 Å². The van der Waals surface area contributed by atoms with Crippen molar-refractivity contribution in [1.29, 1.82) is 0 Å². The first-order valence-corrected chi connectivity index (χ1v) is 7.32. The van der Waals surface area contributed by atoms with Crippen molar-refractivity contribution < 1.29 is 14.7 Å². The lowest BCUT2D eigenvalue weighted by Gasteiger charge is -2.39. The fourth-order valence-electron chi connectivity index (χ4n) is 3.09. The van der Waals surface area contributed by atoms with E-state index in [1.165, 1.54) is 6.42 Å². The van der Waals surface area contributed by atoms with Crippen LogP contribution in [0.5, 0.6) is 0 Å². The lowest BCUT2D eigenvalue weighted by Crippen LogP contribution is -2.50. The van der Waals surface area contributed by atoms with Crippen molar-refractivity contribution in [2.24, 2.45) is 11.1 Å². The number of hydrogen-bond acceptors (Lipinski definition) is 3. The van der Waals surface area contributed by atoms with Crippen LogP contribution in [0.15, 0.2) is 0 Å². The third-order valence-electron chi connectivity index (χ3n) is 4.47. The van der Waals surface area contributed by atoms with Crippen molar-refractivity contribution in [3.8, 4) is 0 Å². The number of hydrogen-bond donors (Lipinski definition) is 2. The van der Waals surface area contributed by atoms with Crippen LogP contribution in [0, 0.1) is 5.41 Å². The molecular formula is C14H24N2O3. The normalized spacial score (nSPS) is 21.9. The largest absolute Gasteiger partial charge is 0.481 e. The van der Waals surface area contributed by atoms with Crippen LogP contribution in [0.3, 0.4) is 0 Å². The van der Waals surface area contributed by atoms with Gasteiger partial charge in [-0.3, -0.25) is 9.59 Å². The molecule has 2 saturated carbocycles. The second-order valence-corrected chi connectivity index (χ2v) is 5.92. The minimum atomic E-state index is -0.844. The Kier molecular flexibility index (Phi) is 4.45. The Morgan fingerprint density at radius 1 is 1.21 bits per heavy atom. The number of carbonyl (C=O) groups excluding carboxylic acids is 1. The molecule has 2 fully saturated rings. The van der Waals surface area contributed by atoms with Crippen LogP contribution in [0.1, 0.15) is 51.4 Å². The molecule has 2 rings (SSSR count). The lowest BCUT2D eigenvalue weighted by atomic mass is 9.73. The maximum absolute atomic E-state index is 12.8. The fraction of sp³-hybridized carbons (Fsp3) is 0.857. The Morgan fingerprint density at radius 3 is 2.32 bits per heavy atom. The Bertz CT molecular complexity index is 347. The van der Waals surface area contributed by atoms with Gasteiger partial charge in [0.2, 0.25) is 5.91 Å². The second-order valence-electron chi connectivity index (χ2n) is 5.92. The molecule has 0 saturated heterocycles. The Hall–Kier alpha value is -1.10. The molecule has 0 radical (unpaired) electrons. The van der Waals surface area contributed by atoms with Crippen LogP contribution in [-0.2, 0) is 9.59 Å². The lowest BCUT2D eigenvalue weighted by molar-refractivity contribution is -0.145. The van der Waals surface area contributed by atoms with Gasteiger partial charge in [-0.25, -0.2) is 0 Å². The summed E-state index contributed by atoms with van der Waals surface area (Å²) in [4.78, 5) is 25.3. The predicted molar refractivity (Wildman–Crippen MR) is 71.6 cm³/mol. The van der Waals surface area contributed by atoms with Gasteiger partial charge in [0.05, 0.1) is 11.8 Å². The van der Waals surface area contributed by atoms with Crippen molar-refractivity contribution >= 4 is 11.9 Å². The highest BCUT2D eigenvalue weighted by atomic mass is 16.4. The highest BCUT2D eigenvalue weighted by Crippen LogP contribution is 2.40. The van der Waals surface area contributed by atoms with Gasteiger partial charge in [0.1, 0.15) is 0 Å². The molecule has 0 aromatic carbocycles. The number of nitrogens with zero attached hydrogens (tertiary/aromatic N) is 1. The first-order chi connectivity index (χ1) is 9.09. The van der Waals surface area contributed by atoms with Crippen LogP contribution >= 0.6 is 0 Å². The molecule has 5 nitrogen and oxygen atoms in total. The predicted octanol–water partition coefficient (Wildman–Crippen LogP) is 1.36. The average Bonchev–Trinajstić information content (AvgIpc) is 3.24. The summed E-state index contributed by atoms with van der Waals surface area (Å²) in [7, 11) is 0. The molecule has 0 atom stereocenters. The number of nitrogens with two attached hydrogens (primary N) is 1. The third-order valence-corrected chi connectivity index (χ3v) is 4.47. The van der Waals surface area contributed by atoms with E-state index in [1.54, 1.807) is 4.90 Å². The molecule has 0 aliphatic heterocycles. The molecule has 2 aliphatic carbocycles. The van der Waals surface area contributed by atoms with Crippen LogP contribution < -0.4 is 5.73 Å². The van der Waals surface area contributed by atoms with Gasteiger partial charge in [-0.05, 0) is 25.7 Å². The summed E-state index contributed by atoms with van der Waals surface area (Å²) in [5, 5.41) is 8.82. The van der Waals surface area contributed by atoms with Gasteiger partial charge in [-0.1, -0.05) is 19.3 Å². The van der Waals surface area contributed by atoms with Gasteiger partial charge >= 0.3 is 5.97 Å². The summed E-state index contributed by atoms with van der Waals surface area (Å²) in [6.07, 6.45) is 7.05. The number of carboxylic acid groups (broad SMARTS) is 1. The third kappa shape index (κ3) is 3.26. The monoisotopic (exact) mass is 268 g/mol. The smallest absolute Gasteiger partial charge is 0.305 e. The molecule has 3 N–H and O–H groups in total. The van der Waals surface area contributed by atoms with Gasteiger partial charge in [0, 0.05) is 19.1 Å². The zero-order chi connectivity index (χ0) is 13.9. The van der Waals surface area contributed by atoms with E-state index in [-0.39, 0.29) is 18.4 Å². The summed E-state index contributed by atoms with van der Waals surface area (Å²) in [5.74, 6) is -0.734. The first-order valence-electron chi connectivity index (χ1n) is 7.32. The second kappa shape index (κ2) is 5.90. The minimum absolute atomic E-state index is 0.0306. The van der Waals surface area contributed by atoms with E-state index in [2.05, 4.69) is 0 Å². The highest BCUT2D eigenvalue weighted by Gasteiger charge is 2.44. The molecule has 1 amide bonds. The van der Waals surface area contributed by atoms with Crippen molar-refractivity contribution in [3.63, 3.8) is 0 Å². The molecule has 0 aromatic rings. The van der Waals surface area contributed by atoms with Gasteiger partial charge < -0.3 is 15.7 Å². The molecule has 0 bridgehead atoms. The SMILES string of the molecule is NCC1(C(=O)N(CCC(=O)O)C2CC2)CCCCC1. The maximum atomic E-state index is 12.8. The molecule has 2 aliphatic rings. The van der Waals surface area contributed by atoms with E-state index in [0.717, 1.165) is 38.5 Å². The summed E-state index contributed by atoms with van der Waals surface area (Å²) in [6.45, 7) is 0.725. The number of carbonyl (C=O) groups is 2. The fourth-order valence-corrected chi connectivity index (χ4v) is 3.09. The number of rotatable bonds is 6. The van der Waals surface area contributed by atoms with Gasteiger partial charge in [0.15, 0.2) is 0 Å². The van der Waals surface area contributed by atoms with Crippen LogP contribution in [0.2, 0.25) is 0 Å². The van der Waals surface area contributed by atoms with Crippen LogP contribution in [0.25, 0.3) is 0 Å². The maximum Gasteiger partial charge on any atom is 0.305 e. The molecule has 108 valence electrons. The molecule has 0 unspecified atom stereocenters. The standard InChI is InChI=1S/C14H24N2O3/c15-10-14(7-2-1-3-8-14)13(19)16(11-4-5-11)9-6-12(17)18/h11H,1-10,15H2,(H,17,18). The van der Waals surface area contributed by atoms with Gasteiger partial charge in [-0.2, -0.15) is 0 Å². The highest BCUT2D eigenvalue weighted by molar-refractivity contribution is 5.84. The van der Waals surface area contributed by atoms with Gasteiger partial charge in [0.25, 0.3) is 0 Å². The zero-order valence-electron chi connectivity index (χ0n) is 11.4.